The van der Waals surface area contributed by atoms with Crippen molar-refractivity contribution in [2.75, 3.05) is 13.6 Å². The number of amides is 1. The van der Waals surface area contributed by atoms with Crippen molar-refractivity contribution in [3.8, 4) is 0 Å². The maximum Gasteiger partial charge on any atom is 0.289 e. The second-order valence-corrected chi connectivity index (χ2v) is 7.40. The molecule has 0 radical (unpaired) electrons. The minimum Gasteiger partial charge on any atom is -0.459 e. The quantitative estimate of drug-likeness (QED) is 0.846. The van der Waals surface area contributed by atoms with Crippen LogP contribution >= 0.6 is 11.3 Å². The smallest absolute Gasteiger partial charge is 0.289 e. The minimum absolute atomic E-state index is 0.0282. The van der Waals surface area contributed by atoms with E-state index in [1.165, 1.54) is 36.0 Å². The highest BCUT2D eigenvalue weighted by atomic mass is 32.1. The van der Waals surface area contributed by atoms with E-state index in [4.69, 9.17) is 9.15 Å². The van der Waals surface area contributed by atoms with Crippen LogP contribution in [0.25, 0.3) is 0 Å². The molecule has 0 aromatic carbocycles. The van der Waals surface area contributed by atoms with Crippen molar-refractivity contribution in [2.45, 2.75) is 43.8 Å². The summed E-state index contributed by atoms with van der Waals surface area (Å²) in [4.78, 5) is 15.6. The summed E-state index contributed by atoms with van der Waals surface area (Å²) in [6.45, 7) is 0.562. The Morgan fingerprint density at radius 2 is 2.22 bits per heavy atom. The summed E-state index contributed by atoms with van der Waals surface area (Å²) in [6.07, 6.45) is 6.72. The monoisotopic (exact) mass is 331 g/mol. The van der Waals surface area contributed by atoms with Crippen molar-refractivity contribution in [1.82, 2.24) is 4.90 Å². The molecular weight excluding hydrogens is 310 g/mol. The molecule has 4 nitrogen and oxygen atoms in total. The van der Waals surface area contributed by atoms with Crippen molar-refractivity contribution >= 4 is 17.2 Å². The molecule has 122 valence electrons. The van der Waals surface area contributed by atoms with E-state index >= 15 is 0 Å². The fourth-order valence-corrected chi connectivity index (χ4v) is 4.94. The predicted molar refractivity (Wildman–Crippen MR) is 88.8 cm³/mol. The SMILES string of the molecule is CN(CC1OC2CCCCC2c2sccc21)C(=O)c1ccco1. The number of fused-ring (bicyclic) bond motifs is 3. The molecule has 5 heteroatoms. The Hall–Kier alpha value is -1.59. The molecule has 2 aliphatic rings. The zero-order valence-electron chi connectivity index (χ0n) is 13.2. The molecule has 1 amide bonds. The first-order valence-corrected chi connectivity index (χ1v) is 9.13. The van der Waals surface area contributed by atoms with Crippen LogP contribution in [0, 0.1) is 0 Å². The van der Waals surface area contributed by atoms with Gasteiger partial charge < -0.3 is 14.1 Å². The second kappa shape index (κ2) is 6.13. The van der Waals surface area contributed by atoms with Gasteiger partial charge in [-0.1, -0.05) is 12.8 Å². The molecule has 23 heavy (non-hydrogen) atoms. The van der Waals surface area contributed by atoms with Crippen LogP contribution in [0.2, 0.25) is 0 Å². The van der Waals surface area contributed by atoms with E-state index in [1.54, 1.807) is 17.0 Å². The van der Waals surface area contributed by atoms with Crippen LogP contribution < -0.4 is 0 Å². The van der Waals surface area contributed by atoms with Crippen LogP contribution in [-0.2, 0) is 4.74 Å². The third-order valence-corrected chi connectivity index (χ3v) is 6.04. The summed E-state index contributed by atoms with van der Waals surface area (Å²) in [6, 6.07) is 5.61. The summed E-state index contributed by atoms with van der Waals surface area (Å²) in [7, 11) is 1.81. The zero-order chi connectivity index (χ0) is 15.8. The first-order chi connectivity index (χ1) is 11.2. The highest BCUT2D eigenvalue weighted by Crippen LogP contribution is 2.47. The zero-order valence-corrected chi connectivity index (χ0v) is 14.1. The Morgan fingerprint density at radius 1 is 1.35 bits per heavy atom. The normalized spacial score (nSPS) is 26.4. The maximum absolute atomic E-state index is 12.4. The van der Waals surface area contributed by atoms with E-state index in [0.29, 0.717) is 24.3 Å². The number of ether oxygens (including phenoxy) is 1. The molecule has 1 fully saturated rings. The lowest BCUT2D eigenvalue weighted by molar-refractivity contribution is -0.0636. The Bertz CT molecular complexity index is 678. The molecule has 1 saturated carbocycles. The van der Waals surface area contributed by atoms with Crippen molar-refractivity contribution in [1.29, 1.82) is 0 Å². The van der Waals surface area contributed by atoms with Gasteiger partial charge in [0.05, 0.1) is 18.9 Å². The third-order valence-electron chi connectivity index (χ3n) is 4.97. The average molecular weight is 331 g/mol. The maximum atomic E-state index is 12.4. The van der Waals surface area contributed by atoms with Crippen LogP contribution in [0.4, 0.5) is 0 Å². The van der Waals surface area contributed by atoms with Crippen LogP contribution in [-0.4, -0.2) is 30.5 Å². The van der Waals surface area contributed by atoms with Gasteiger partial charge >= 0.3 is 0 Å². The number of nitrogens with zero attached hydrogens (tertiary/aromatic N) is 1. The van der Waals surface area contributed by atoms with Gasteiger partial charge in [-0.2, -0.15) is 0 Å². The van der Waals surface area contributed by atoms with E-state index in [2.05, 4.69) is 11.4 Å². The third kappa shape index (κ3) is 2.72. The molecule has 2 aromatic rings. The molecule has 0 bridgehead atoms. The van der Waals surface area contributed by atoms with E-state index in [0.717, 1.165) is 6.42 Å². The van der Waals surface area contributed by atoms with Crippen molar-refractivity contribution < 1.29 is 13.9 Å². The van der Waals surface area contributed by atoms with Crippen molar-refractivity contribution in [3.63, 3.8) is 0 Å². The number of hydrogen-bond donors (Lipinski definition) is 0. The van der Waals surface area contributed by atoms with Crippen molar-refractivity contribution in [2.24, 2.45) is 0 Å². The molecule has 3 atom stereocenters. The highest BCUT2D eigenvalue weighted by molar-refractivity contribution is 7.10. The number of carbonyl (C=O) groups is 1. The fraction of sp³-hybridized carbons (Fsp3) is 0.500. The van der Waals surface area contributed by atoms with Gasteiger partial charge in [-0.15, -0.1) is 11.3 Å². The average Bonchev–Trinajstić information content (AvgIpc) is 3.26. The Balaban J connectivity index is 1.54. The van der Waals surface area contributed by atoms with Gasteiger partial charge in [0, 0.05) is 17.8 Å². The van der Waals surface area contributed by atoms with Gasteiger partial charge in [0.25, 0.3) is 5.91 Å². The van der Waals surface area contributed by atoms with Gasteiger partial charge in [0.1, 0.15) is 6.10 Å². The molecule has 4 rings (SSSR count). The summed E-state index contributed by atoms with van der Waals surface area (Å²) >= 11 is 1.85. The molecule has 3 heterocycles. The molecule has 0 spiro atoms. The van der Waals surface area contributed by atoms with E-state index in [-0.39, 0.29) is 12.0 Å². The van der Waals surface area contributed by atoms with E-state index in [1.807, 2.05) is 18.4 Å². The topological polar surface area (TPSA) is 42.7 Å². The lowest BCUT2D eigenvalue weighted by Crippen LogP contribution is -2.38. The summed E-state index contributed by atoms with van der Waals surface area (Å²) < 4.78 is 11.6. The molecule has 1 aliphatic heterocycles. The molecule has 3 unspecified atom stereocenters. The van der Waals surface area contributed by atoms with Crippen LogP contribution in [0.15, 0.2) is 34.3 Å². The number of furan rings is 1. The van der Waals surface area contributed by atoms with Gasteiger partial charge in [0.2, 0.25) is 0 Å². The van der Waals surface area contributed by atoms with E-state index in [9.17, 15) is 4.79 Å². The van der Waals surface area contributed by atoms with Gasteiger partial charge in [-0.05, 0) is 42.0 Å². The second-order valence-electron chi connectivity index (χ2n) is 6.46. The molecular formula is C18H21NO3S. The Kier molecular flexibility index (Phi) is 3.99. The summed E-state index contributed by atoms with van der Waals surface area (Å²) in [5.41, 5.74) is 1.28. The molecule has 2 aromatic heterocycles. The predicted octanol–water partition coefficient (Wildman–Crippen LogP) is 4.21. The summed E-state index contributed by atoms with van der Waals surface area (Å²) in [5.74, 6) is 0.839. The molecule has 0 saturated heterocycles. The fourth-order valence-electron chi connectivity index (χ4n) is 3.80. The number of likely N-dealkylation sites (N-methyl/N-ethyl adjacent to an activating group) is 1. The van der Waals surface area contributed by atoms with Crippen molar-refractivity contribution in [3.05, 3.63) is 46.0 Å². The Labute approximate surface area is 140 Å². The minimum atomic E-state index is -0.0962. The summed E-state index contributed by atoms with van der Waals surface area (Å²) in [5, 5.41) is 2.16. The lowest BCUT2D eigenvalue weighted by Gasteiger charge is -2.40. The molecule has 0 N–H and O–H groups in total. The number of rotatable bonds is 3. The molecule has 1 aliphatic carbocycles. The van der Waals surface area contributed by atoms with Crippen LogP contribution in [0.5, 0.6) is 0 Å². The number of carbonyl (C=O) groups excluding carboxylic acids is 1. The van der Waals surface area contributed by atoms with Gasteiger partial charge in [0.15, 0.2) is 5.76 Å². The first-order valence-electron chi connectivity index (χ1n) is 8.26. The van der Waals surface area contributed by atoms with Gasteiger partial charge in [-0.25, -0.2) is 0 Å². The van der Waals surface area contributed by atoms with Crippen LogP contribution in [0.1, 0.15) is 58.7 Å². The Morgan fingerprint density at radius 3 is 3.04 bits per heavy atom. The highest BCUT2D eigenvalue weighted by Gasteiger charge is 2.38. The largest absolute Gasteiger partial charge is 0.459 e. The lowest BCUT2D eigenvalue weighted by atomic mass is 9.81. The first kappa shape index (κ1) is 15.0. The number of hydrogen-bond acceptors (Lipinski definition) is 4. The van der Waals surface area contributed by atoms with Crippen LogP contribution in [0.3, 0.4) is 0 Å². The van der Waals surface area contributed by atoms with Gasteiger partial charge in [-0.3, -0.25) is 4.79 Å². The standard InChI is InChI=1S/C18H21NO3S/c1-19(18(20)15-7-4-9-21-15)11-16-13-8-10-23-17(13)12-5-2-3-6-14(12)22-16/h4,7-10,12,14,16H,2-3,5-6,11H2,1H3. The number of thiophene rings is 1. The van der Waals surface area contributed by atoms with E-state index < -0.39 is 0 Å².